The molecule has 0 amide bonds. The summed E-state index contributed by atoms with van der Waals surface area (Å²) >= 11 is 0. The van der Waals surface area contributed by atoms with Crippen LogP contribution in [-0.2, 0) is 10.0 Å². The van der Waals surface area contributed by atoms with Crippen LogP contribution in [0.25, 0.3) is 0 Å². The van der Waals surface area contributed by atoms with E-state index in [2.05, 4.69) is 4.72 Å². The summed E-state index contributed by atoms with van der Waals surface area (Å²) in [5, 5.41) is 21.5. The summed E-state index contributed by atoms with van der Waals surface area (Å²) in [5.41, 5.74) is -0.133. The number of hydrogen-bond donors (Lipinski definition) is 1. The molecule has 0 heterocycles. The van der Waals surface area contributed by atoms with Gasteiger partial charge in [0.1, 0.15) is 0 Å². The molecule has 0 aliphatic heterocycles. The van der Waals surface area contributed by atoms with Gasteiger partial charge in [0.15, 0.2) is 0 Å². The van der Waals surface area contributed by atoms with E-state index in [9.17, 15) is 28.6 Å². The number of aryl methyl sites for hydroxylation is 1. The largest absolute Gasteiger partial charge is 0.279 e. The third-order valence-corrected chi connectivity index (χ3v) is 4.38. The van der Waals surface area contributed by atoms with Gasteiger partial charge >= 0.3 is 0 Å². The molecule has 0 spiro atoms. The van der Waals surface area contributed by atoms with Crippen molar-refractivity contribution in [1.82, 2.24) is 0 Å². The summed E-state index contributed by atoms with van der Waals surface area (Å²) in [5.74, 6) is 0. The van der Waals surface area contributed by atoms with Crippen LogP contribution in [-0.4, -0.2) is 18.3 Å². The minimum Gasteiger partial charge on any atom is -0.279 e. The summed E-state index contributed by atoms with van der Waals surface area (Å²) in [6.07, 6.45) is 0. The molecule has 0 fully saturated rings. The third kappa shape index (κ3) is 3.61. The Kier molecular flexibility index (Phi) is 4.27. The number of nitro groups is 2. The maximum Gasteiger partial charge on any atom is 0.271 e. The van der Waals surface area contributed by atoms with Crippen molar-refractivity contribution in [3.63, 3.8) is 0 Å². The molecule has 0 aliphatic carbocycles. The minimum absolute atomic E-state index is 0.0331. The van der Waals surface area contributed by atoms with Crippen molar-refractivity contribution in [3.8, 4) is 0 Å². The molecule has 0 bridgehead atoms. The van der Waals surface area contributed by atoms with Crippen LogP contribution in [0.2, 0.25) is 0 Å². The normalized spacial score (nSPS) is 11.0. The smallest absolute Gasteiger partial charge is 0.271 e. The van der Waals surface area contributed by atoms with Gasteiger partial charge in [-0.1, -0.05) is 12.1 Å². The highest BCUT2D eigenvalue weighted by molar-refractivity contribution is 7.92. The van der Waals surface area contributed by atoms with Crippen molar-refractivity contribution in [3.05, 3.63) is 68.3 Å². The van der Waals surface area contributed by atoms with E-state index in [1.165, 1.54) is 24.3 Å². The minimum atomic E-state index is -4.11. The predicted octanol–water partition coefficient (Wildman–Crippen LogP) is 2.61. The first kappa shape index (κ1) is 16.4. The fourth-order valence-corrected chi connectivity index (χ4v) is 2.96. The maximum atomic E-state index is 12.3. The van der Waals surface area contributed by atoms with Gasteiger partial charge in [-0.25, -0.2) is 8.42 Å². The average molecular weight is 337 g/mol. The molecule has 120 valence electrons. The first-order valence-electron chi connectivity index (χ1n) is 6.23. The molecule has 1 N–H and O–H groups in total. The van der Waals surface area contributed by atoms with E-state index in [0.29, 0.717) is 5.56 Å². The van der Waals surface area contributed by atoms with Crippen molar-refractivity contribution in [2.24, 2.45) is 0 Å². The molecule has 10 heteroatoms. The van der Waals surface area contributed by atoms with Crippen LogP contribution in [0.1, 0.15) is 5.56 Å². The van der Waals surface area contributed by atoms with Gasteiger partial charge < -0.3 is 0 Å². The number of benzene rings is 2. The zero-order valence-corrected chi connectivity index (χ0v) is 12.6. The van der Waals surface area contributed by atoms with Gasteiger partial charge in [-0.05, 0) is 18.6 Å². The SMILES string of the molecule is Cc1ccc([N+](=O)[O-])cc1NS(=O)(=O)c1cccc([N+](=O)[O-])c1. The van der Waals surface area contributed by atoms with Gasteiger partial charge in [-0.15, -0.1) is 0 Å². The predicted molar refractivity (Wildman–Crippen MR) is 81.7 cm³/mol. The zero-order valence-electron chi connectivity index (χ0n) is 11.8. The summed E-state index contributed by atoms with van der Waals surface area (Å²) in [7, 11) is -4.11. The molecule has 9 nitrogen and oxygen atoms in total. The van der Waals surface area contributed by atoms with Gasteiger partial charge in [0.2, 0.25) is 0 Å². The summed E-state index contributed by atoms with van der Waals surface area (Å²) in [6.45, 7) is 1.58. The maximum absolute atomic E-state index is 12.3. The second kappa shape index (κ2) is 6.01. The zero-order chi connectivity index (χ0) is 17.2. The van der Waals surface area contributed by atoms with E-state index in [-0.39, 0.29) is 22.0 Å². The summed E-state index contributed by atoms with van der Waals surface area (Å²) in [4.78, 5) is 19.8. The number of nitrogens with zero attached hydrogens (tertiary/aromatic N) is 2. The van der Waals surface area contributed by atoms with Crippen LogP contribution in [0.4, 0.5) is 17.1 Å². The Labute approximate surface area is 130 Å². The Balaban J connectivity index is 2.42. The Hall–Kier alpha value is -3.01. The van der Waals surface area contributed by atoms with Crippen LogP contribution < -0.4 is 4.72 Å². The van der Waals surface area contributed by atoms with E-state index >= 15 is 0 Å². The van der Waals surface area contributed by atoms with Crippen molar-refractivity contribution < 1.29 is 18.3 Å². The van der Waals surface area contributed by atoms with E-state index < -0.39 is 19.9 Å². The summed E-state index contributed by atoms with van der Waals surface area (Å²) in [6, 6.07) is 8.26. The molecule has 2 aromatic rings. The average Bonchev–Trinajstić information content (AvgIpc) is 2.49. The van der Waals surface area contributed by atoms with Crippen molar-refractivity contribution >= 4 is 27.1 Å². The first-order chi connectivity index (χ1) is 10.7. The van der Waals surface area contributed by atoms with E-state index in [4.69, 9.17) is 0 Å². The highest BCUT2D eigenvalue weighted by atomic mass is 32.2. The second-order valence-electron chi connectivity index (χ2n) is 4.62. The van der Waals surface area contributed by atoms with Gasteiger partial charge in [0, 0.05) is 24.3 Å². The number of sulfonamides is 1. The van der Waals surface area contributed by atoms with Gasteiger partial charge in [0.25, 0.3) is 21.4 Å². The lowest BCUT2D eigenvalue weighted by atomic mass is 10.2. The molecule has 23 heavy (non-hydrogen) atoms. The lowest BCUT2D eigenvalue weighted by molar-refractivity contribution is -0.385. The van der Waals surface area contributed by atoms with Crippen LogP contribution in [0.15, 0.2) is 47.4 Å². The van der Waals surface area contributed by atoms with Crippen LogP contribution in [0.5, 0.6) is 0 Å². The van der Waals surface area contributed by atoms with Crippen molar-refractivity contribution in [2.45, 2.75) is 11.8 Å². The van der Waals surface area contributed by atoms with Crippen LogP contribution >= 0.6 is 0 Å². The topological polar surface area (TPSA) is 132 Å². The molecular weight excluding hydrogens is 326 g/mol. The van der Waals surface area contributed by atoms with Crippen molar-refractivity contribution in [1.29, 1.82) is 0 Å². The monoisotopic (exact) mass is 337 g/mol. The second-order valence-corrected chi connectivity index (χ2v) is 6.30. The van der Waals surface area contributed by atoms with Crippen molar-refractivity contribution in [2.75, 3.05) is 4.72 Å². The fourth-order valence-electron chi connectivity index (χ4n) is 1.80. The molecule has 0 radical (unpaired) electrons. The fraction of sp³-hybridized carbons (Fsp3) is 0.0769. The van der Waals surface area contributed by atoms with Crippen LogP contribution in [0.3, 0.4) is 0 Å². The standard InChI is InChI=1S/C13H11N3O6S/c1-9-5-6-11(16(19)20)8-13(9)14-23(21,22)12-4-2-3-10(7-12)15(17)18/h2-8,14H,1H3. The quantitative estimate of drug-likeness (QED) is 0.658. The third-order valence-electron chi connectivity index (χ3n) is 3.02. The Bertz CT molecular complexity index is 894. The molecule has 0 saturated carbocycles. The molecule has 0 unspecified atom stereocenters. The van der Waals surface area contributed by atoms with Gasteiger partial charge in [0.05, 0.1) is 20.4 Å². The molecule has 2 rings (SSSR count). The molecule has 0 atom stereocenters. The number of nitrogens with one attached hydrogen (secondary N) is 1. The first-order valence-corrected chi connectivity index (χ1v) is 7.71. The summed E-state index contributed by atoms with van der Waals surface area (Å²) < 4.78 is 26.8. The van der Waals surface area contributed by atoms with Gasteiger partial charge in [-0.3, -0.25) is 25.0 Å². The van der Waals surface area contributed by atoms with Crippen LogP contribution in [0, 0.1) is 27.2 Å². The molecule has 0 aromatic heterocycles. The van der Waals surface area contributed by atoms with E-state index in [1.54, 1.807) is 6.92 Å². The van der Waals surface area contributed by atoms with E-state index in [0.717, 1.165) is 18.2 Å². The van der Waals surface area contributed by atoms with E-state index in [1.807, 2.05) is 0 Å². The Morgan fingerprint density at radius 2 is 1.57 bits per heavy atom. The number of hydrogen-bond acceptors (Lipinski definition) is 6. The Morgan fingerprint density at radius 3 is 2.17 bits per heavy atom. The molecule has 0 aliphatic rings. The number of non-ortho nitro benzene ring substituents is 2. The number of rotatable bonds is 5. The number of anilines is 1. The van der Waals surface area contributed by atoms with Gasteiger partial charge in [-0.2, -0.15) is 0 Å². The number of nitro benzene ring substituents is 2. The molecule has 0 saturated heterocycles. The lowest BCUT2D eigenvalue weighted by Gasteiger charge is -2.10. The molecule has 2 aromatic carbocycles. The highest BCUT2D eigenvalue weighted by Gasteiger charge is 2.19. The molecular formula is C13H11N3O6S. The Morgan fingerprint density at radius 1 is 0.957 bits per heavy atom. The highest BCUT2D eigenvalue weighted by Crippen LogP contribution is 2.25. The lowest BCUT2D eigenvalue weighted by Crippen LogP contribution is -2.14.